The second-order valence-electron chi connectivity index (χ2n) is 6.86. The smallest absolute Gasteiger partial charge is 0.134 e. The highest BCUT2D eigenvalue weighted by molar-refractivity contribution is 4.99. The largest absolute Gasteiger partial charge is 1.00 e. The van der Waals surface area contributed by atoms with E-state index in [1.165, 1.54) is 43.8 Å². The molecule has 14 heavy (non-hydrogen) atoms. The maximum Gasteiger partial charge on any atom is 0.134 e. The molecular formula is C11H21IN2. The van der Waals surface area contributed by atoms with Crippen molar-refractivity contribution >= 4 is 0 Å². The summed E-state index contributed by atoms with van der Waals surface area (Å²) in [4.78, 5) is 2.69. The van der Waals surface area contributed by atoms with Crippen LogP contribution in [0.25, 0.3) is 0 Å². The summed E-state index contributed by atoms with van der Waals surface area (Å²) in [5, 5.41) is 0. The Balaban J connectivity index is 0.000000750. The fraction of sp³-hybridized carbons (Fsp3) is 1.00. The molecule has 4 rings (SSSR count). The fourth-order valence-corrected chi connectivity index (χ4v) is 5.07. The van der Waals surface area contributed by atoms with Gasteiger partial charge >= 0.3 is 0 Å². The molecule has 0 aromatic rings. The van der Waals surface area contributed by atoms with Gasteiger partial charge in [0, 0.05) is 23.9 Å². The lowest BCUT2D eigenvalue weighted by atomic mass is 9.63. The molecule has 3 heteroatoms. The molecule has 4 aliphatic heterocycles. The van der Waals surface area contributed by atoms with Crippen LogP contribution >= 0.6 is 0 Å². The summed E-state index contributed by atoms with van der Waals surface area (Å²) in [6.07, 6.45) is 1.46. The van der Waals surface area contributed by atoms with Gasteiger partial charge in [0.2, 0.25) is 0 Å². The van der Waals surface area contributed by atoms with E-state index >= 15 is 0 Å². The second kappa shape index (κ2) is 2.86. The van der Waals surface area contributed by atoms with Crippen molar-refractivity contribution in [1.82, 2.24) is 4.90 Å². The number of hydrogen-bond acceptors (Lipinski definition) is 1. The van der Waals surface area contributed by atoms with Crippen molar-refractivity contribution < 1.29 is 28.5 Å². The quantitative estimate of drug-likeness (QED) is 0.375. The molecule has 2 nitrogen and oxygen atoms in total. The third kappa shape index (κ3) is 1.52. The van der Waals surface area contributed by atoms with Crippen molar-refractivity contribution in [1.29, 1.82) is 0 Å². The van der Waals surface area contributed by atoms with Gasteiger partial charge < -0.3 is 28.5 Å². The normalized spacial score (nSPS) is 59.8. The average Bonchev–Trinajstić information content (AvgIpc) is 1.71. The van der Waals surface area contributed by atoms with E-state index in [1.807, 2.05) is 0 Å². The average molecular weight is 308 g/mol. The van der Waals surface area contributed by atoms with E-state index in [1.54, 1.807) is 0 Å². The second-order valence-corrected chi connectivity index (χ2v) is 6.86. The first-order chi connectivity index (χ1) is 5.91. The Hall–Kier alpha value is 0.650. The van der Waals surface area contributed by atoms with Crippen molar-refractivity contribution in [2.45, 2.75) is 20.3 Å². The highest BCUT2D eigenvalue weighted by Crippen LogP contribution is 2.50. The van der Waals surface area contributed by atoms with E-state index in [4.69, 9.17) is 0 Å². The Morgan fingerprint density at radius 1 is 1.07 bits per heavy atom. The van der Waals surface area contributed by atoms with Crippen LogP contribution in [-0.2, 0) is 0 Å². The Kier molecular flexibility index (Phi) is 2.27. The summed E-state index contributed by atoms with van der Waals surface area (Å²) in [5.41, 5.74) is 1.25. The summed E-state index contributed by atoms with van der Waals surface area (Å²) in [6, 6.07) is 0. The molecule has 4 heterocycles. The van der Waals surface area contributed by atoms with Crippen LogP contribution in [0.5, 0.6) is 0 Å². The third-order valence-corrected chi connectivity index (χ3v) is 4.13. The Bertz CT molecular complexity index is 215. The lowest BCUT2D eigenvalue weighted by Crippen LogP contribution is -3.00. The van der Waals surface area contributed by atoms with Crippen LogP contribution in [0, 0.1) is 10.8 Å². The van der Waals surface area contributed by atoms with Crippen molar-refractivity contribution in [3.05, 3.63) is 0 Å². The molecule has 0 amide bonds. The molecule has 0 N–H and O–H groups in total. The van der Waals surface area contributed by atoms with Crippen LogP contribution in [0.2, 0.25) is 0 Å². The van der Waals surface area contributed by atoms with E-state index in [9.17, 15) is 0 Å². The highest BCUT2D eigenvalue weighted by atomic mass is 127. The van der Waals surface area contributed by atoms with Gasteiger partial charge in [0.1, 0.15) is 6.67 Å². The van der Waals surface area contributed by atoms with Gasteiger partial charge in [-0.2, -0.15) is 0 Å². The minimum atomic E-state index is 0. The van der Waals surface area contributed by atoms with E-state index < -0.39 is 0 Å². The predicted octanol–water partition coefficient (Wildman–Crippen LogP) is -1.86. The molecule has 0 aromatic heterocycles. The summed E-state index contributed by atoms with van der Waals surface area (Å²) >= 11 is 0. The molecular weight excluding hydrogens is 287 g/mol. The molecule has 0 aromatic carbocycles. The van der Waals surface area contributed by atoms with Crippen LogP contribution in [0.1, 0.15) is 20.3 Å². The maximum atomic E-state index is 2.69. The number of quaternary nitrogens is 1. The summed E-state index contributed by atoms with van der Waals surface area (Å²) < 4.78 is 1.31. The van der Waals surface area contributed by atoms with Gasteiger partial charge in [-0.15, -0.1) is 0 Å². The molecule has 0 radical (unpaired) electrons. The van der Waals surface area contributed by atoms with Crippen LogP contribution < -0.4 is 24.0 Å². The first kappa shape index (κ1) is 11.1. The van der Waals surface area contributed by atoms with Gasteiger partial charge in [-0.25, -0.2) is 0 Å². The molecule has 0 spiro atoms. The zero-order chi connectivity index (χ0) is 9.32. The minimum Gasteiger partial charge on any atom is -1.00 e. The van der Waals surface area contributed by atoms with E-state index in [0.717, 1.165) is 0 Å². The van der Waals surface area contributed by atoms with Crippen molar-refractivity contribution in [3.8, 4) is 0 Å². The van der Waals surface area contributed by atoms with Crippen LogP contribution in [0.3, 0.4) is 0 Å². The molecule has 2 unspecified atom stereocenters. The number of hydrogen-bond donors (Lipinski definition) is 0. The Morgan fingerprint density at radius 3 is 1.93 bits per heavy atom. The van der Waals surface area contributed by atoms with Gasteiger partial charge in [-0.3, -0.25) is 4.90 Å². The molecule has 4 saturated heterocycles. The standard InChI is InChI=1S/C11H21N2.HI/c1-10-4-11(2)6-12(5-10)9-13(3,7-10)8-11;/h4-9H2,1-3H3;1H/q+1;/p-1/t10-,11+,13?;. The van der Waals surface area contributed by atoms with Gasteiger partial charge in [-0.05, 0) is 6.42 Å². The first-order valence-corrected chi connectivity index (χ1v) is 5.47. The Labute approximate surface area is 104 Å². The van der Waals surface area contributed by atoms with E-state index in [0.29, 0.717) is 10.8 Å². The van der Waals surface area contributed by atoms with Crippen LogP contribution in [0.4, 0.5) is 0 Å². The molecule has 4 fully saturated rings. The summed E-state index contributed by atoms with van der Waals surface area (Å²) in [6.45, 7) is 11.8. The summed E-state index contributed by atoms with van der Waals surface area (Å²) in [5.74, 6) is 0. The zero-order valence-corrected chi connectivity index (χ0v) is 11.7. The van der Waals surface area contributed by atoms with Crippen LogP contribution in [-0.4, -0.2) is 49.3 Å². The van der Waals surface area contributed by atoms with Gasteiger partial charge in [-0.1, -0.05) is 13.8 Å². The van der Waals surface area contributed by atoms with Gasteiger partial charge in [0.15, 0.2) is 0 Å². The molecule has 4 bridgehead atoms. The fourth-order valence-electron chi connectivity index (χ4n) is 5.07. The predicted molar refractivity (Wildman–Crippen MR) is 53.2 cm³/mol. The molecule has 0 aliphatic carbocycles. The van der Waals surface area contributed by atoms with Gasteiger partial charge in [0.25, 0.3) is 0 Å². The zero-order valence-electron chi connectivity index (χ0n) is 9.52. The van der Waals surface area contributed by atoms with E-state index in [2.05, 4.69) is 25.8 Å². The van der Waals surface area contributed by atoms with Crippen molar-refractivity contribution in [2.75, 3.05) is 39.9 Å². The molecule has 0 saturated carbocycles. The number of piperidine rings is 2. The number of halogens is 1. The Morgan fingerprint density at radius 2 is 1.57 bits per heavy atom. The molecule has 4 aliphatic rings. The van der Waals surface area contributed by atoms with Crippen molar-refractivity contribution in [2.24, 2.45) is 10.8 Å². The molecule has 4 atom stereocenters. The lowest BCUT2D eigenvalue weighted by Gasteiger charge is -2.65. The van der Waals surface area contributed by atoms with E-state index in [-0.39, 0.29) is 24.0 Å². The van der Waals surface area contributed by atoms with Gasteiger partial charge in [0.05, 0.1) is 20.1 Å². The maximum absolute atomic E-state index is 2.69. The van der Waals surface area contributed by atoms with Crippen LogP contribution in [0.15, 0.2) is 0 Å². The SMILES string of the molecule is C[C@]12CN3C[C@](C)(C1)C[N+](C)(C3)C2.[I-]. The first-order valence-electron chi connectivity index (χ1n) is 5.47. The highest BCUT2D eigenvalue weighted by Gasteiger charge is 2.59. The number of nitrogens with zero attached hydrogens (tertiary/aromatic N) is 2. The lowest BCUT2D eigenvalue weighted by molar-refractivity contribution is -0.953. The summed E-state index contributed by atoms with van der Waals surface area (Å²) in [7, 11) is 2.45. The number of rotatable bonds is 0. The third-order valence-electron chi connectivity index (χ3n) is 4.13. The topological polar surface area (TPSA) is 3.24 Å². The van der Waals surface area contributed by atoms with Crippen molar-refractivity contribution in [3.63, 3.8) is 0 Å². The monoisotopic (exact) mass is 308 g/mol. The molecule has 82 valence electrons. The minimum absolute atomic E-state index is 0.